The van der Waals surface area contributed by atoms with Gasteiger partial charge in [-0.3, -0.25) is 4.98 Å². The molecule has 0 saturated heterocycles. The Kier molecular flexibility index (Phi) is 11.2. The Morgan fingerprint density at radius 2 is 1.93 bits per heavy atom. The monoisotopic (exact) mass is 484 g/mol. The summed E-state index contributed by atoms with van der Waals surface area (Å²) in [5.74, 6) is 2.24. The summed E-state index contributed by atoms with van der Waals surface area (Å²) in [5.41, 5.74) is 1.20. The number of ether oxygens (including phenoxy) is 2. The molecule has 2 rings (SSSR count). The summed E-state index contributed by atoms with van der Waals surface area (Å²) in [5, 5.41) is 6.60. The van der Waals surface area contributed by atoms with Crippen LogP contribution in [0.1, 0.15) is 19.4 Å². The van der Waals surface area contributed by atoms with Crippen molar-refractivity contribution in [3.8, 4) is 11.5 Å². The summed E-state index contributed by atoms with van der Waals surface area (Å²) >= 11 is 0. The first-order chi connectivity index (χ1) is 12.7. The number of nitrogens with one attached hydrogen (secondary N) is 2. The highest BCUT2D eigenvalue weighted by Gasteiger charge is 2.08. The number of hydrogen-bond acceptors (Lipinski definition) is 4. The molecule has 0 aliphatic heterocycles. The number of benzene rings is 1. The van der Waals surface area contributed by atoms with Gasteiger partial charge < -0.3 is 20.1 Å². The summed E-state index contributed by atoms with van der Waals surface area (Å²) in [4.78, 5) is 8.74. The van der Waals surface area contributed by atoms with Crippen LogP contribution in [0.2, 0.25) is 0 Å². The van der Waals surface area contributed by atoms with Crippen molar-refractivity contribution in [3.63, 3.8) is 0 Å². The molecule has 1 heterocycles. The van der Waals surface area contributed by atoms with Crippen molar-refractivity contribution in [2.75, 3.05) is 26.7 Å². The van der Waals surface area contributed by atoms with E-state index in [1.165, 1.54) is 5.56 Å². The molecule has 27 heavy (non-hydrogen) atoms. The number of methoxy groups -OCH3 is 1. The summed E-state index contributed by atoms with van der Waals surface area (Å²) < 4.78 is 11.3. The molecule has 2 N–H and O–H groups in total. The number of guanidine groups is 1. The molecule has 0 amide bonds. The largest absolute Gasteiger partial charge is 0.493 e. The molecular formula is C20H29IN4O2. The third kappa shape index (κ3) is 8.47. The number of nitrogens with zero attached hydrogens (tertiary/aromatic N) is 2. The molecule has 0 radical (unpaired) electrons. The molecule has 7 heteroatoms. The van der Waals surface area contributed by atoms with Gasteiger partial charge in [0.2, 0.25) is 0 Å². The predicted molar refractivity (Wildman–Crippen MR) is 120 cm³/mol. The number of aromatic nitrogens is 1. The second kappa shape index (κ2) is 13.2. The van der Waals surface area contributed by atoms with E-state index in [1.54, 1.807) is 13.3 Å². The van der Waals surface area contributed by atoms with Gasteiger partial charge in [0.05, 0.1) is 13.7 Å². The molecule has 1 aromatic carbocycles. The van der Waals surface area contributed by atoms with Crippen LogP contribution in [0, 0.1) is 0 Å². The lowest BCUT2D eigenvalue weighted by atomic mass is 10.2. The van der Waals surface area contributed by atoms with E-state index in [0.717, 1.165) is 37.0 Å². The minimum absolute atomic E-state index is 0. The molecule has 0 aliphatic rings. The van der Waals surface area contributed by atoms with Gasteiger partial charge in [-0.2, -0.15) is 0 Å². The summed E-state index contributed by atoms with van der Waals surface area (Å²) in [6.45, 7) is 6.18. The molecule has 1 unspecified atom stereocenters. The molecule has 2 aromatic rings. The first-order valence-corrected chi connectivity index (χ1v) is 8.93. The van der Waals surface area contributed by atoms with Gasteiger partial charge in [-0.15, -0.1) is 24.0 Å². The van der Waals surface area contributed by atoms with Crippen LogP contribution >= 0.6 is 24.0 Å². The Balaban J connectivity index is 0.00000364. The van der Waals surface area contributed by atoms with Crippen LogP contribution in [0.4, 0.5) is 0 Å². The highest BCUT2D eigenvalue weighted by atomic mass is 127. The lowest BCUT2D eigenvalue weighted by molar-refractivity contribution is 0.219. The van der Waals surface area contributed by atoms with Crippen molar-refractivity contribution in [3.05, 3.63) is 54.4 Å². The van der Waals surface area contributed by atoms with Crippen molar-refractivity contribution in [2.45, 2.75) is 26.4 Å². The number of para-hydroxylation sites is 2. The maximum absolute atomic E-state index is 5.94. The van der Waals surface area contributed by atoms with Crippen LogP contribution in [0.3, 0.4) is 0 Å². The van der Waals surface area contributed by atoms with Crippen molar-refractivity contribution in [1.29, 1.82) is 0 Å². The minimum atomic E-state index is -0.0694. The molecule has 148 valence electrons. The lowest BCUT2D eigenvalue weighted by Gasteiger charge is -2.16. The maximum Gasteiger partial charge on any atom is 0.191 e. The lowest BCUT2D eigenvalue weighted by Crippen LogP contribution is -2.39. The first-order valence-electron chi connectivity index (χ1n) is 8.93. The zero-order valence-corrected chi connectivity index (χ0v) is 18.5. The molecule has 1 atom stereocenters. The number of rotatable bonds is 9. The van der Waals surface area contributed by atoms with E-state index in [2.05, 4.69) is 26.7 Å². The van der Waals surface area contributed by atoms with Crippen molar-refractivity contribution in [2.24, 2.45) is 4.99 Å². The second-order valence-corrected chi connectivity index (χ2v) is 5.84. The summed E-state index contributed by atoms with van der Waals surface area (Å²) in [6.07, 6.45) is 4.49. The Hall–Kier alpha value is -2.03. The number of pyridine rings is 1. The fourth-order valence-electron chi connectivity index (χ4n) is 2.40. The van der Waals surface area contributed by atoms with E-state index in [4.69, 9.17) is 9.47 Å². The summed E-state index contributed by atoms with van der Waals surface area (Å²) in [7, 11) is 1.64. The van der Waals surface area contributed by atoms with E-state index in [-0.39, 0.29) is 30.1 Å². The van der Waals surface area contributed by atoms with Crippen molar-refractivity contribution < 1.29 is 9.47 Å². The van der Waals surface area contributed by atoms with Crippen LogP contribution in [0.15, 0.2) is 53.8 Å². The average Bonchev–Trinajstić information content (AvgIpc) is 2.67. The quantitative estimate of drug-likeness (QED) is 0.325. The maximum atomic E-state index is 5.94. The average molecular weight is 484 g/mol. The Morgan fingerprint density at radius 3 is 2.59 bits per heavy atom. The molecular weight excluding hydrogens is 455 g/mol. The van der Waals surface area contributed by atoms with Crippen LogP contribution in [-0.2, 0) is 6.42 Å². The van der Waals surface area contributed by atoms with Gasteiger partial charge >= 0.3 is 0 Å². The van der Waals surface area contributed by atoms with Crippen molar-refractivity contribution >= 4 is 29.9 Å². The Labute approximate surface area is 178 Å². The van der Waals surface area contributed by atoms with E-state index in [9.17, 15) is 0 Å². The van der Waals surface area contributed by atoms with Crippen LogP contribution in [0.5, 0.6) is 11.5 Å². The SMILES string of the molecule is CCNC(=NCC(C)Oc1ccccc1OC)NCCc1cccnc1.I. The van der Waals surface area contributed by atoms with Crippen LogP contribution < -0.4 is 20.1 Å². The minimum Gasteiger partial charge on any atom is -0.493 e. The van der Waals surface area contributed by atoms with E-state index < -0.39 is 0 Å². The van der Waals surface area contributed by atoms with Crippen LogP contribution in [0.25, 0.3) is 0 Å². The highest BCUT2D eigenvalue weighted by Crippen LogP contribution is 2.26. The van der Waals surface area contributed by atoms with E-state index in [1.807, 2.05) is 50.4 Å². The van der Waals surface area contributed by atoms with Gasteiger partial charge in [0, 0.05) is 25.5 Å². The topological polar surface area (TPSA) is 67.8 Å². The fraction of sp³-hybridized carbons (Fsp3) is 0.400. The number of hydrogen-bond donors (Lipinski definition) is 2. The van der Waals surface area contributed by atoms with Gasteiger partial charge in [-0.1, -0.05) is 18.2 Å². The van der Waals surface area contributed by atoms with E-state index >= 15 is 0 Å². The molecule has 6 nitrogen and oxygen atoms in total. The zero-order valence-electron chi connectivity index (χ0n) is 16.1. The third-order valence-corrected chi connectivity index (χ3v) is 3.68. The zero-order chi connectivity index (χ0) is 18.6. The van der Waals surface area contributed by atoms with Crippen LogP contribution in [-0.4, -0.2) is 43.8 Å². The fourth-order valence-corrected chi connectivity index (χ4v) is 2.40. The standard InChI is InChI=1S/C20H28N4O2.HI/c1-4-22-20(23-13-11-17-8-7-12-21-15-17)24-14-16(2)26-19-10-6-5-9-18(19)25-3;/h5-10,12,15-16H,4,11,13-14H2,1-3H3,(H2,22,23,24);1H. The summed E-state index contributed by atoms with van der Waals surface area (Å²) in [6, 6.07) is 11.7. The number of halogens is 1. The van der Waals surface area contributed by atoms with Gasteiger partial charge in [0.1, 0.15) is 6.10 Å². The van der Waals surface area contributed by atoms with Gasteiger partial charge in [0.25, 0.3) is 0 Å². The van der Waals surface area contributed by atoms with Gasteiger partial charge in [0.15, 0.2) is 17.5 Å². The molecule has 0 saturated carbocycles. The normalized spacial score (nSPS) is 11.9. The molecule has 0 fully saturated rings. The Morgan fingerprint density at radius 1 is 1.15 bits per heavy atom. The molecule has 0 spiro atoms. The first kappa shape index (κ1) is 23.0. The van der Waals surface area contributed by atoms with Gasteiger partial charge in [-0.25, -0.2) is 4.99 Å². The molecule has 0 bridgehead atoms. The third-order valence-electron chi connectivity index (χ3n) is 3.68. The van der Waals surface area contributed by atoms with Crippen molar-refractivity contribution in [1.82, 2.24) is 15.6 Å². The van der Waals surface area contributed by atoms with E-state index in [0.29, 0.717) is 6.54 Å². The number of aliphatic imine (C=N–C) groups is 1. The molecule has 1 aromatic heterocycles. The Bertz CT molecular complexity index is 683. The smallest absolute Gasteiger partial charge is 0.191 e. The molecule has 0 aliphatic carbocycles. The highest BCUT2D eigenvalue weighted by molar-refractivity contribution is 14.0. The predicted octanol–water partition coefficient (Wildman–Crippen LogP) is 3.27. The van der Waals surface area contributed by atoms with Gasteiger partial charge in [-0.05, 0) is 44.0 Å². The second-order valence-electron chi connectivity index (χ2n) is 5.84.